The second-order valence-corrected chi connectivity index (χ2v) is 15.3. The molecule has 0 nitrogen and oxygen atoms in total. The fourth-order valence-corrected chi connectivity index (χ4v) is 9.37. The Hall–Kier alpha value is -6.50. The van der Waals surface area contributed by atoms with Crippen molar-refractivity contribution < 1.29 is 0 Å². The summed E-state index contributed by atoms with van der Waals surface area (Å²) in [4.78, 5) is 0. The van der Waals surface area contributed by atoms with Crippen LogP contribution in [0.1, 0.15) is 25.0 Å². The predicted octanol–water partition coefficient (Wildman–Crippen LogP) is 14.7. The maximum Gasteiger partial charge on any atom is 0.0159 e. The van der Waals surface area contributed by atoms with Gasteiger partial charge in [0.15, 0.2) is 0 Å². The number of fused-ring (bicyclic) bond motifs is 4. The molecule has 1 aliphatic carbocycles. The number of benzene rings is 10. The summed E-state index contributed by atoms with van der Waals surface area (Å²) in [6.45, 7) is 4.72. The van der Waals surface area contributed by atoms with E-state index in [4.69, 9.17) is 0 Å². The fourth-order valence-electron chi connectivity index (χ4n) is 9.37. The molecule has 248 valence electrons. The fraction of sp³-hybridized carbons (Fsp3) is 0.0566. The molecule has 0 amide bonds. The van der Waals surface area contributed by atoms with Gasteiger partial charge in [-0.2, -0.15) is 0 Å². The van der Waals surface area contributed by atoms with Crippen LogP contribution in [0.25, 0.3) is 98.7 Å². The number of hydrogen-bond donors (Lipinski definition) is 0. The quantitative estimate of drug-likeness (QED) is 0.163. The van der Waals surface area contributed by atoms with Gasteiger partial charge < -0.3 is 0 Å². The zero-order valence-electron chi connectivity index (χ0n) is 29.8. The number of hydrogen-bond acceptors (Lipinski definition) is 0. The van der Waals surface area contributed by atoms with E-state index in [1.165, 1.54) is 110 Å². The van der Waals surface area contributed by atoms with Crippen LogP contribution in [-0.2, 0) is 5.41 Å². The molecule has 0 N–H and O–H groups in total. The molecule has 0 radical (unpaired) electrons. The third-order valence-corrected chi connectivity index (χ3v) is 12.0. The van der Waals surface area contributed by atoms with Gasteiger partial charge in [0.2, 0.25) is 0 Å². The summed E-state index contributed by atoms with van der Waals surface area (Å²) in [5.74, 6) is 0. The van der Waals surface area contributed by atoms with Crippen LogP contribution in [0.2, 0.25) is 0 Å². The molecule has 0 saturated carbocycles. The van der Waals surface area contributed by atoms with Crippen molar-refractivity contribution in [3.63, 3.8) is 0 Å². The van der Waals surface area contributed by atoms with Crippen molar-refractivity contribution in [2.45, 2.75) is 19.3 Å². The summed E-state index contributed by atoms with van der Waals surface area (Å²) in [5.41, 5.74) is 15.5. The maximum absolute atomic E-state index is 2.43. The van der Waals surface area contributed by atoms with Gasteiger partial charge in [-0.05, 0) is 134 Å². The SMILES string of the molecule is CC1(C)c2ccccc2-c2cc3ccc(-c4cccc(-c5ccccc5-c5ccc6ccc7c(-c8ccccc8)ccc8ccc5c6c87)c4)cc3cc21. The van der Waals surface area contributed by atoms with Gasteiger partial charge >= 0.3 is 0 Å². The Morgan fingerprint density at radius 3 is 1.66 bits per heavy atom. The van der Waals surface area contributed by atoms with E-state index in [0.717, 1.165) is 0 Å². The Kier molecular flexibility index (Phi) is 6.40. The Morgan fingerprint density at radius 2 is 0.868 bits per heavy atom. The lowest BCUT2D eigenvalue weighted by Crippen LogP contribution is -2.14. The summed E-state index contributed by atoms with van der Waals surface area (Å²) in [6, 6.07) is 67.9. The topological polar surface area (TPSA) is 0 Å². The Labute approximate surface area is 310 Å². The highest BCUT2D eigenvalue weighted by Gasteiger charge is 2.35. The second-order valence-electron chi connectivity index (χ2n) is 15.3. The zero-order chi connectivity index (χ0) is 35.3. The minimum Gasteiger partial charge on any atom is -0.0622 e. The molecule has 0 saturated heterocycles. The van der Waals surface area contributed by atoms with Crippen LogP contribution < -0.4 is 0 Å². The van der Waals surface area contributed by atoms with Crippen LogP contribution in [0.15, 0.2) is 182 Å². The van der Waals surface area contributed by atoms with E-state index < -0.39 is 0 Å². The normalized spacial score (nSPS) is 13.2. The largest absolute Gasteiger partial charge is 0.0622 e. The molecule has 0 heterocycles. The minimum absolute atomic E-state index is 0.0188. The van der Waals surface area contributed by atoms with Crippen molar-refractivity contribution in [3.8, 4) is 55.6 Å². The molecular formula is C53H36. The first kappa shape index (κ1) is 30.2. The highest BCUT2D eigenvalue weighted by atomic mass is 14.4. The molecular weight excluding hydrogens is 637 g/mol. The van der Waals surface area contributed by atoms with E-state index in [0.29, 0.717) is 0 Å². The van der Waals surface area contributed by atoms with Gasteiger partial charge in [-0.15, -0.1) is 0 Å². The Bertz CT molecular complexity index is 3070. The second kappa shape index (κ2) is 11.2. The van der Waals surface area contributed by atoms with Crippen molar-refractivity contribution in [3.05, 3.63) is 193 Å². The van der Waals surface area contributed by atoms with E-state index in [-0.39, 0.29) is 5.41 Å². The van der Waals surface area contributed by atoms with Crippen LogP contribution in [0.4, 0.5) is 0 Å². The molecule has 1 aliphatic rings. The predicted molar refractivity (Wildman–Crippen MR) is 227 cm³/mol. The third kappa shape index (κ3) is 4.49. The summed E-state index contributed by atoms with van der Waals surface area (Å²) >= 11 is 0. The van der Waals surface area contributed by atoms with Gasteiger partial charge in [0, 0.05) is 5.41 Å². The van der Waals surface area contributed by atoms with E-state index >= 15 is 0 Å². The van der Waals surface area contributed by atoms with Crippen LogP contribution in [0, 0.1) is 0 Å². The van der Waals surface area contributed by atoms with Crippen molar-refractivity contribution in [2.75, 3.05) is 0 Å². The van der Waals surface area contributed by atoms with Crippen LogP contribution >= 0.6 is 0 Å². The smallest absolute Gasteiger partial charge is 0.0159 e. The van der Waals surface area contributed by atoms with Crippen molar-refractivity contribution >= 4 is 43.1 Å². The summed E-state index contributed by atoms with van der Waals surface area (Å²) in [5, 5.41) is 10.4. The van der Waals surface area contributed by atoms with Gasteiger partial charge in [-0.3, -0.25) is 0 Å². The van der Waals surface area contributed by atoms with E-state index in [1.54, 1.807) is 0 Å². The molecule has 0 aliphatic heterocycles. The van der Waals surface area contributed by atoms with Gasteiger partial charge in [-0.1, -0.05) is 172 Å². The van der Waals surface area contributed by atoms with Gasteiger partial charge in [0.05, 0.1) is 0 Å². The van der Waals surface area contributed by atoms with E-state index in [9.17, 15) is 0 Å². The average molecular weight is 673 g/mol. The molecule has 53 heavy (non-hydrogen) atoms. The Balaban J connectivity index is 1.03. The van der Waals surface area contributed by atoms with Gasteiger partial charge in [0.25, 0.3) is 0 Å². The first-order valence-corrected chi connectivity index (χ1v) is 18.7. The maximum atomic E-state index is 2.43. The van der Waals surface area contributed by atoms with E-state index in [1.807, 2.05) is 0 Å². The first-order chi connectivity index (χ1) is 26.0. The molecule has 0 atom stereocenters. The molecule has 0 bridgehead atoms. The zero-order valence-corrected chi connectivity index (χ0v) is 29.8. The summed E-state index contributed by atoms with van der Waals surface area (Å²) in [6.07, 6.45) is 0. The van der Waals surface area contributed by atoms with E-state index in [2.05, 4.69) is 196 Å². The first-order valence-electron chi connectivity index (χ1n) is 18.7. The van der Waals surface area contributed by atoms with Crippen LogP contribution in [0.3, 0.4) is 0 Å². The lowest BCUT2D eigenvalue weighted by Gasteiger charge is -2.21. The molecule has 0 heteroatoms. The van der Waals surface area contributed by atoms with Crippen molar-refractivity contribution in [2.24, 2.45) is 0 Å². The van der Waals surface area contributed by atoms with Crippen molar-refractivity contribution in [1.82, 2.24) is 0 Å². The molecule has 10 aromatic rings. The molecule has 0 aromatic heterocycles. The van der Waals surface area contributed by atoms with Gasteiger partial charge in [-0.25, -0.2) is 0 Å². The average Bonchev–Trinajstić information content (AvgIpc) is 3.44. The third-order valence-electron chi connectivity index (χ3n) is 12.0. The molecule has 0 spiro atoms. The minimum atomic E-state index is -0.0188. The summed E-state index contributed by atoms with van der Waals surface area (Å²) in [7, 11) is 0. The highest BCUT2D eigenvalue weighted by molar-refractivity contribution is 6.27. The lowest BCUT2D eigenvalue weighted by molar-refractivity contribution is 0.661. The molecule has 11 rings (SSSR count). The molecule has 0 fully saturated rings. The monoisotopic (exact) mass is 672 g/mol. The van der Waals surface area contributed by atoms with Gasteiger partial charge in [0.1, 0.15) is 0 Å². The standard InChI is InChI=1S/C53H36/c1-53(2)49-18-9-8-17-45(49)48-31-38-20-19-37(30-40(38)32-50(48)53)36-13-10-14-39(29-36)41-15-6-7-16-43(41)44-26-22-35-23-27-46-42(33-11-4-3-5-12-33)25-21-34-24-28-47(44)52(35)51(34)46/h3-32H,1-2H3. The lowest BCUT2D eigenvalue weighted by atomic mass is 9.82. The molecule has 0 unspecified atom stereocenters. The Morgan fingerprint density at radius 1 is 0.283 bits per heavy atom. The highest BCUT2D eigenvalue weighted by Crippen LogP contribution is 2.50. The van der Waals surface area contributed by atoms with Crippen LogP contribution in [0.5, 0.6) is 0 Å². The van der Waals surface area contributed by atoms with Crippen molar-refractivity contribution in [1.29, 1.82) is 0 Å². The molecule has 10 aromatic carbocycles. The number of rotatable bonds is 4. The van der Waals surface area contributed by atoms with Crippen LogP contribution in [-0.4, -0.2) is 0 Å². The summed E-state index contributed by atoms with van der Waals surface area (Å²) < 4.78 is 0.